The Morgan fingerprint density at radius 2 is 1.51 bits per heavy atom. The number of sulfonamides is 1. The van der Waals surface area contributed by atoms with Crippen LogP contribution in [-0.2, 0) is 29.4 Å². The Balaban J connectivity index is 1.49. The molecule has 1 amide bonds. The maximum absolute atomic E-state index is 14.0. The highest BCUT2D eigenvalue weighted by Gasteiger charge is 2.29. The molecule has 200 valence electrons. The molecule has 1 unspecified atom stereocenters. The first kappa shape index (κ1) is 26.7. The van der Waals surface area contributed by atoms with Crippen molar-refractivity contribution in [1.82, 2.24) is 5.32 Å². The van der Waals surface area contributed by atoms with Crippen molar-refractivity contribution in [3.63, 3.8) is 0 Å². The number of nitrogens with one attached hydrogen (secondary N) is 1. The molecule has 0 spiro atoms. The second-order valence-corrected chi connectivity index (χ2v) is 12.1. The van der Waals surface area contributed by atoms with Crippen molar-refractivity contribution in [3.8, 4) is 0 Å². The van der Waals surface area contributed by atoms with Gasteiger partial charge in [0, 0.05) is 0 Å². The van der Waals surface area contributed by atoms with Crippen molar-refractivity contribution in [2.45, 2.75) is 57.0 Å². The van der Waals surface area contributed by atoms with Crippen LogP contribution in [0.25, 0.3) is 0 Å². The van der Waals surface area contributed by atoms with E-state index in [1.54, 1.807) is 48.5 Å². The van der Waals surface area contributed by atoms with Gasteiger partial charge in [-0.1, -0.05) is 78.4 Å². The van der Waals surface area contributed by atoms with Crippen LogP contribution in [0, 0.1) is 6.92 Å². The van der Waals surface area contributed by atoms with Crippen LogP contribution in [-0.4, -0.2) is 14.3 Å². The standard InChI is InChI=1S/C33H34N2O3S/c1-24-16-20-30(21-17-24)39(37,38)35(23-26-10-4-3-5-11-26)32-15-9-8-14-31(32)33(36)34-25(2)28-19-18-27-12-6-7-13-29(27)22-28/h3-5,8-11,14-22,25H,6-7,12-13,23H2,1-2H3,(H,34,36). The van der Waals surface area contributed by atoms with Gasteiger partial charge in [-0.3, -0.25) is 9.10 Å². The molecule has 1 aliphatic rings. The van der Waals surface area contributed by atoms with E-state index in [2.05, 4.69) is 23.5 Å². The molecule has 5 rings (SSSR count). The summed E-state index contributed by atoms with van der Waals surface area (Å²) in [6, 6.07) is 29.4. The molecule has 0 aliphatic heterocycles. The molecule has 0 saturated carbocycles. The third kappa shape index (κ3) is 5.91. The van der Waals surface area contributed by atoms with E-state index in [1.165, 1.54) is 28.3 Å². The summed E-state index contributed by atoms with van der Waals surface area (Å²) >= 11 is 0. The van der Waals surface area contributed by atoms with Crippen LogP contribution in [0.3, 0.4) is 0 Å². The Hall–Kier alpha value is -3.90. The predicted molar refractivity (Wildman–Crippen MR) is 156 cm³/mol. The van der Waals surface area contributed by atoms with Crippen LogP contribution in [0.15, 0.2) is 102 Å². The largest absolute Gasteiger partial charge is 0.345 e. The van der Waals surface area contributed by atoms with Gasteiger partial charge in [0.05, 0.1) is 28.7 Å². The maximum atomic E-state index is 14.0. The van der Waals surface area contributed by atoms with Crippen LogP contribution in [0.5, 0.6) is 0 Å². The maximum Gasteiger partial charge on any atom is 0.264 e. The number of nitrogens with zero attached hydrogens (tertiary/aromatic N) is 1. The second kappa shape index (κ2) is 11.5. The number of carbonyl (C=O) groups is 1. The molecule has 0 aromatic heterocycles. The van der Waals surface area contributed by atoms with Crippen molar-refractivity contribution in [2.75, 3.05) is 4.31 Å². The Labute approximate surface area is 231 Å². The van der Waals surface area contributed by atoms with E-state index in [0.29, 0.717) is 11.3 Å². The van der Waals surface area contributed by atoms with Gasteiger partial charge >= 0.3 is 0 Å². The van der Waals surface area contributed by atoms with Gasteiger partial charge < -0.3 is 5.32 Å². The first-order valence-corrected chi connectivity index (χ1v) is 14.9. The van der Waals surface area contributed by atoms with Crippen LogP contribution >= 0.6 is 0 Å². The van der Waals surface area contributed by atoms with Crippen LogP contribution < -0.4 is 9.62 Å². The monoisotopic (exact) mass is 538 g/mol. The first-order valence-electron chi connectivity index (χ1n) is 13.5. The normalized spacial score (nSPS) is 13.8. The Morgan fingerprint density at radius 1 is 0.846 bits per heavy atom. The SMILES string of the molecule is Cc1ccc(S(=O)(=O)N(Cc2ccccc2)c2ccccc2C(=O)NC(C)c2ccc3c(c2)CCCC3)cc1. The highest BCUT2D eigenvalue weighted by atomic mass is 32.2. The number of anilines is 1. The molecule has 4 aromatic rings. The smallest absolute Gasteiger partial charge is 0.264 e. The lowest BCUT2D eigenvalue weighted by Gasteiger charge is -2.27. The lowest BCUT2D eigenvalue weighted by molar-refractivity contribution is 0.0940. The zero-order chi connectivity index (χ0) is 27.4. The van der Waals surface area contributed by atoms with Gasteiger partial charge in [-0.2, -0.15) is 0 Å². The molecule has 1 atom stereocenters. The number of rotatable bonds is 8. The summed E-state index contributed by atoms with van der Waals surface area (Å²) in [5.74, 6) is -0.312. The molecule has 1 aliphatic carbocycles. The number of para-hydroxylation sites is 1. The van der Waals surface area contributed by atoms with Crippen molar-refractivity contribution in [2.24, 2.45) is 0 Å². The lowest BCUT2D eigenvalue weighted by atomic mass is 9.89. The van der Waals surface area contributed by atoms with Crippen LogP contribution in [0.1, 0.15) is 64.0 Å². The van der Waals surface area contributed by atoms with Gasteiger partial charge in [0.1, 0.15) is 0 Å². The van der Waals surface area contributed by atoms with Gasteiger partial charge in [0.25, 0.3) is 15.9 Å². The molecule has 39 heavy (non-hydrogen) atoms. The summed E-state index contributed by atoms with van der Waals surface area (Å²) in [4.78, 5) is 13.9. The Kier molecular flexibility index (Phi) is 7.84. The molecule has 5 nitrogen and oxygen atoms in total. The zero-order valence-electron chi connectivity index (χ0n) is 22.4. The van der Waals surface area contributed by atoms with Crippen molar-refractivity contribution in [3.05, 3.63) is 130 Å². The third-order valence-electron chi connectivity index (χ3n) is 7.42. The van der Waals surface area contributed by atoms with Gasteiger partial charge in [-0.05, 0) is 86.1 Å². The topological polar surface area (TPSA) is 66.5 Å². The average molecular weight is 539 g/mol. The molecule has 6 heteroatoms. The van der Waals surface area contributed by atoms with Gasteiger partial charge in [-0.15, -0.1) is 0 Å². The fourth-order valence-corrected chi connectivity index (χ4v) is 6.62. The fourth-order valence-electron chi connectivity index (χ4n) is 5.15. The van der Waals surface area contributed by atoms with Gasteiger partial charge in [-0.25, -0.2) is 8.42 Å². The molecule has 0 bridgehead atoms. The first-order chi connectivity index (χ1) is 18.8. The number of amides is 1. The van der Waals surface area contributed by atoms with E-state index in [-0.39, 0.29) is 23.4 Å². The number of aryl methyl sites for hydroxylation is 3. The van der Waals surface area contributed by atoms with Crippen molar-refractivity contribution < 1.29 is 13.2 Å². The van der Waals surface area contributed by atoms with Crippen LogP contribution in [0.2, 0.25) is 0 Å². The number of carbonyl (C=O) groups excluding carboxylic acids is 1. The van der Waals surface area contributed by atoms with Gasteiger partial charge in [0.2, 0.25) is 0 Å². The fraction of sp³-hybridized carbons (Fsp3) is 0.242. The van der Waals surface area contributed by atoms with Gasteiger partial charge in [0.15, 0.2) is 0 Å². The van der Waals surface area contributed by atoms with E-state index in [9.17, 15) is 13.2 Å². The summed E-state index contributed by atoms with van der Waals surface area (Å²) in [5.41, 5.74) is 6.26. The molecule has 4 aromatic carbocycles. The molecule has 0 saturated heterocycles. The highest BCUT2D eigenvalue weighted by molar-refractivity contribution is 7.92. The Bertz CT molecular complexity index is 1560. The van der Waals surface area contributed by atoms with Crippen molar-refractivity contribution in [1.29, 1.82) is 0 Å². The molecular formula is C33H34N2O3S. The summed E-state index contributed by atoms with van der Waals surface area (Å²) in [7, 11) is -3.96. The molecule has 1 N–H and O–H groups in total. The molecule has 0 radical (unpaired) electrons. The molecular weight excluding hydrogens is 504 g/mol. The highest BCUT2D eigenvalue weighted by Crippen LogP contribution is 2.30. The number of hydrogen-bond acceptors (Lipinski definition) is 3. The quantitative estimate of drug-likeness (QED) is 0.270. The minimum atomic E-state index is -3.96. The van der Waals surface area contributed by atoms with Crippen molar-refractivity contribution >= 4 is 21.6 Å². The minimum absolute atomic E-state index is 0.0989. The van der Waals surface area contributed by atoms with Crippen LogP contribution in [0.4, 0.5) is 5.69 Å². The van der Waals surface area contributed by atoms with E-state index in [4.69, 9.17) is 0 Å². The third-order valence-corrected chi connectivity index (χ3v) is 9.19. The Morgan fingerprint density at radius 3 is 2.26 bits per heavy atom. The number of hydrogen-bond donors (Lipinski definition) is 1. The van der Waals surface area contributed by atoms with E-state index in [0.717, 1.165) is 29.5 Å². The summed E-state index contributed by atoms with van der Waals surface area (Å²) in [5, 5.41) is 3.12. The number of benzene rings is 4. The summed E-state index contributed by atoms with van der Waals surface area (Å²) < 4.78 is 29.3. The molecule has 0 heterocycles. The summed E-state index contributed by atoms with van der Waals surface area (Å²) in [6.45, 7) is 3.99. The minimum Gasteiger partial charge on any atom is -0.345 e. The lowest BCUT2D eigenvalue weighted by Crippen LogP contribution is -2.34. The van der Waals surface area contributed by atoms with E-state index in [1.807, 2.05) is 44.2 Å². The molecule has 0 fully saturated rings. The van der Waals surface area contributed by atoms with E-state index < -0.39 is 10.0 Å². The average Bonchev–Trinajstić information content (AvgIpc) is 2.96. The zero-order valence-corrected chi connectivity index (χ0v) is 23.2. The van der Waals surface area contributed by atoms with E-state index >= 15 is 0 Å². The second-order valence-electron chi connectivity index (χ2n) is 10.3. The number of fused-ring (bicyclic) bond motifs is 1. The summed E-state index contributed by atoms with van der Waals surface area (Å²) in [6.07, 6.45) is 4.59. The predicted octanol–water partition coefficient (Wildman–Crippen LogP) is 6.76.